The first-order valence-corrected chi connectivity index (χ1v) is 5.56. The molecule has 16 heavy (non-hydrogen) atoms. The fourth-order valence-electron chi connectivity index (χ4n) is 1.82. The average molecular weight is 220 g/mol. The van der Waals surface area contributed by atoms with Crippen LogP contribution in [0.5, 0.6) is 0 Å². The van der Waals surface area contributed by atoms with E-state index in [-0.39, 0.29) is 0 Å². The highest BCUT2D eigenvalue weighted by Gasteiger charge is 2.21. The van der Waals surface area contributed by atoms with Crippen molar-refractivity contribution in [3.8, 4) is 6.07 Å². The van der Waals surface area contributed by atoms with Gasteiger partial charge in [-0.1, -0.05) is 13.8 Å². The number of nitriles is 1. The van der Waals surface area contributed by atoms with E-state index in [0.717, 1.165) is 11.5 Å². The lowest BCUT2D eigenvalue weighted by molar-refractivity contribution is 0.496. The van der Waals surface area contributed by atoms with Gasteiger partial charge in [-0.3, -0.25) is 4.68 Å². The average Bonchev–Trinajstić information content (AvgIpc) is 2.50. The molecule has 1 aromatic rings. The van der Waals surface area contributed by atoms with Crippen molar-refractivity contribution >= 4 is 5.82 Å². The maximum Gasteiger partial charge on any atom is 0.144 e. The van der Waals surface area contributed by atoms with E-state index in [2.05, 4.69) is 36.8 Å². The molecule has 1 unspecified atom stereocenters. The van der Waals surface area contributed by atoms with Crippen molar-refractivity contribution in [2.24, 2.45) is 13.0 Å². The standard InChI is InChI=1S/C12H20N4/c1-8(2)10(4)15(5)12-11(7-13)9(3)14-16(12)6/h8,10H,1-6H3. The molecule has 0 N–H and O–H groups in total. The SMILES string of the molecule is Cc1nn(C)c(N(C)C(C)C(C)C)c1C#N. The smallest absolute Gasteiger partial charge is 0.144 e. The van der Waals surface area contributed by atoms with Gasteiger partial charge in [0.15, 0.2) is 0 Å². The first kappa shape index (κ1) is 12.6. The third kappa shape index (κ3) is 2.04. The lowest BCUT2D eigenvalue weighted by Crippen LogP contribution is -2.35. The molecule has 4 heteroatoms. The van der Waals surface area contributed by atoms with Gasteiger partial charge in [-0.15, -0.1) is 0 Å². The normalized spacial score (nSPS) is 12.6. The van der Waals surface area contributed by atoms with Gasteiger partial charge < -0.3 is 4.90 Å². The summed E-state index contributed by atoms with van der Waals surface area (Å²) in [4.78, 5) is 2.13. The molecule has 0 saturated carbocycles. The van der Waals surface area contributed by atoms with Crippen molar-refractivity contribution in [2.75, 3.05) is 11.9 Å². The van der Waals surface area contributed by atoms with Gasteiger partial charge in [0.05, 0.1) is 5.69 Å². The largest absolute Gasteiger partial charge is 0.356 e. The molecular formula is C12H20N4. The maximum absolute atomic E-state index is 9.15. The minimum atomic E-state index is 0.377. The molecule has 0 fully saturated rings. The van der Waals surface area contributed by atoms with E-state index in [1.165, 1.54) is 0 Å². The van der Waals surface area contributed by atoms with Crippen LogP contribution in [0.4, 0.5) is 5.82 Å². The number of rotatable bonds is 3. The molecule has 0 aliphatic carbocycles. The topological polar surface area (TPSA) is 44.9 Å². The van der Waals surface area contributed by atoms with Crippen LogP contribution in [0, 0.1) is 24.2 Å². The Bertz CT molecular complexity index is 411. The van der Waals surface area contributed by atoms with Gasteiger partial charge in [0.2, 0.25) is 0 Å². The number of hydrogen-bond acceptors (Lipinski definition) is 3. The van der Waals surface area contributed by atoms with Crippen LogP contribution in [0.25, 0.3) is 0 Å². The molecular weight excluding hydrogens is 200 g/mol. The van der Waals surface area contributed by atoms with Crippen molar-refractivity contribution in [1.29, 1.82) is 5.26 Å². The monoisotopic (exact) mass is 220 g/mol. The molecule has 0 amide bonds. The lowest BCUT2D eigenvalue weighted by Gasteiger charge is -2.29. The Labute approximate surface area is 97.5 Å². The van der Waals surface area contributed by atoms with Crippen LogP contribution < -0.4 is 4.90 Å². The third-order valence-corrected chi connectivity index (χ3v) is 3.21. The predicted octanol–water partition coefficient (Wildman–Crippen LogP) is 2.08. The van der Waals surface area contributed by atoms with Gasteiger partial charge >= 0.3 is 0 Å². The van der Waals surface area contributed by atoms with Crippen molar-refractivity contribution in [3.63, 3.8) is 0 Å². The van der Waals surface area contributed by atoms with Crippen LogP contribution >= 0.6 is 0 Å². The van der Waals surface area contributed by atoms with Crippen LogP contribution in [0.15, 0.2) is 0 Å². The van der Waals surface area contributed by atoms with E-state index in [4.69, 9.17) is 5.26 Å². The quantitative estimate of drug-likeness (QED) is 0.783. The fraction of sp³-hybridized carbons (Fsp3) is 0.667. The Morgan fingerprint density at radius 2 is 1.94 bits per heavy atom. The van der Waals surface area contributed by atoms with E-state index >= 15 is 0 Å². The van der Waals surface area contributed by atoms with Gasteiger partial charge in [0, 0.05) is 20.1 Å². The highest BCUT2D eigenvalue weighted by atomic mass is 15.4. The second kappa shape index (κ2) is 4.56. The lowest BCUT2D eigenvalue weighted by atomic mass is 10.0. The van der Waals surface area contributed by atoms with Gasteiger partial charge in [-0.2, -0.15) is 10.4 Å². The molecule has 0 aliphatic rings. The first-order valence-electron chi connectivity index (χ1n) is 5.56. The minimum Gasteiger partial charge on any atom is -0.356 e. The molecule has 0 aromatic carbocycles. The van der Waals surface area contributed by atoms with Crippen LogP contribution in [-0.4, -0.2) is 22.9 Å². The predicted molar refractivity (Wildman–Crippen MR) is 65.4 cm³/mol. The molecule has 1 aromatic heterocycles. The highest BCUT2D eigenvalue weighted by Crippen LogP contribution is 2.24. The van der Waals surface area contributed by atoms with Crippen LogP contribution in [-0.2, 0) is 7.05 Å². The van der Waals surface area contributed by atoms with Gasteiger partial charge in [-0.25, -0.2) is 0 Å². The second-order valence-corrected chi connectivity index (χ2v) is 4.61. The summed E-state index contributed by atoms with van der Waals surface area (Å²) < 4.78 is 1.78. The summed E-state index contributed by atoms with van der Waals surface area (Å²) in [6, 6.07) is 2.61. The summed E-state index contributed by atoms with van der Waals surface area (Å²) in [7, 11) is 3.90. The van der Waals surface area contributed by atoms with Gasteiger partial charge in [-0.05, 0) is 19.8 Å². The summed E-state index contributed by atoms with van der Waals surface area (Å²) >= 11 is 0. The van der Waals surface area contributed by atoms with E-state index in [1.807, 2.05) is 21.0 Å². The zero-order valence-corrected chi connectivity index (χ0v) is 10.9. The number of nitrogens with zero attached hydrogens (tertiary/aromatic N) is 4. The van der Waals surface area contributed by atoms with E-state index in [0.29, 0.717) is 17.5 Å². The summed E-state index contributed by atoms with van der Waals surface area (Å²) in [5, 5.41) is 13.4. The fourth-order valence-corrected chi connectivity index (χ4v) is 1.82. The molecule has 1 heterocycles. The van der Waals surface area contributed by atoms with E-state index < -0.39 is 0 Å². The van der Waals surface area contributed by atoms with Gasteiger partial charge in [0.25, 0.3) is 0 Å². The molecule has 0 aliphatic heterocycles. The highest BCUT2D eigenvalue weighted by molar-refractivity contribution is 5.57. The Morgan fingerprint density at radius 3 is 2.38 bits per heavy atom. The van der Waals surface area contributed by atoms with Crippen LogP contribution in [0.1, 0.15) is 32.0 Å². The molecule has 4 nitrogen and oxygen atoms in total. The molecule has 0 spiro atoms. The summed E-state index contributed by atoms with van der Waals surface area (Å²) in [5.74, 6) is 1.44. The summed E-state index contributed by atoms with van der Waals surface area (Å²) in [5.41, 5.74) is 1.47. The van der Waals surface area contributed by atoms with Crippen molar-refractivity contribution in [2.45, 2.75) is 33.7 Å². The van der Waals surface area contributed by atoms with Crippen LogP contribution in [0.2, 0.25) is 0 Å². The molecule has 1 atom stereocenters. The van der Waals surface area contributed by atoms with Crippen molar-refractivity contribution in [3.05, 3.63) is 11.3 Å². The Morgan fingerprint density at radius 1 is 1.38 bits per heavy atom. The Hall–Kier alpha value is -1.50. The van der Waals surface area contributed by atoms with E-state index in [1.54, 1.807) is 4.68 Å². The Kier molecular flexibility index (Phi) is 3.58. The third-order valence-electron chi connectivity index (χ3n) is 3.21. The number of hydrogen-bond donors (Lipinski definition) is 0. The van der Waals surface area contributed by atoms with Gasteiger partial charge in [0.1, 0.15) is 17.5 Å². The van der Waals surface area contributed by atoms with Crippen molar-refractivity contribution in [1.82, 2.24) is 9.78 Å². The molecule has 1 rings (SSSR count). The second-order valence-electron chi connectivity index (χ2n) is 4.61. The number of aryl methyl sites for hydroxylation is 2. The zero-order valence-electron chi connectivity index (χ0n) is 10.9. The number of aromatic nitrogens is 2. The first-order chi connectivity index (χ1) is 7.40. The molecule has 0 radical (unpaired) electrons. The molecule has 88 valence electrons. The van der Waals surface area contributed by atoms with Crippen molar-refractivity contribution < 1.29 is 0 Å². The summed E-state index contributed by atoms with van der Waals surface area (Å²) in [6.07, 6.45) is 0. The Balaban J connectivity index is 3.18. The minimum absolute atomic E-state index is 0.377. The van der Waals surface area contributed by atoms with E-state index in [9.17, 15) is 0 Å². The zero-order chi connectivity index (χ0) is 12.5. The van der Waals surface area contributed by atoms with Crippen LogP contribution in [0.3, 0.4) is 0 Å². The molecule has 0 saturated heterocycles. The number of anilines is 1. The maximum atomic E-state index is 9.15. The molecule has 0 bridgehead atoms. The summed E-state index contributed by atoms with van der Waals surface area (Å²) in [6.45, 7) is 8.39.